The average molecular weight is 394 g/mol. The van der Waals surface area contributed by atoms with Crippen LogP contribution in [0.25, 0.3) is 0 Å². The molecule has 2 rings (SSSR count). The van der Waals surface area contributed by atoms with Gasteiger partial charge in [-0.1, -0.05) is 48.0 Å². The van der Waals surface area contributed by atoms with E-state index in [0.29, 0.717) is 24.2 Å². The third-order valence-electron chi connectivity index (χ3n) is 4.03. The van der Waals surface area contributed by atoms with Crippen LogP contribution in [0.3, 0.4) is 0 Å². The Bertz CT molecular complexity index is 806. The molecule has 0 aromatic heterocycles. The van der Waals surface area contributed by atoms with Crippen LogP contribution >= 0.6 is 11.6 Å². The van der Waals surface area contributed by atoms with E-state index in [2.05, 4.69) is 10.6 Å². The van der Waals surface area contributed by atoms with E-state index in [1.807, 2.05) is 6.92 Å². The lowest BCUT2D eigenvalue weighted by Gasteiger charge is -2.15. The summed E-state index contributed by atoms with van der Waals surface area (Å²) in [5.41, 5.74) is 5.88. The molecule has 5 nitrogen and oxygen atoms in total. The lowest BCUT2D eigenvalue weighted by Crippen LogP contribution is -2.35. The zero-order valence-corrected chi connectivity index (χ0v) is 15.9. The van der Waals surface area contributed by atoms with Gasteiger partial charge in [-0.15, -0.1) is 0 Å². The van der Waals surface area contributed by atoms with Gasteiger partial charge in [0.15, 0.2) is 5.78 Å². The molecule has 146 valence electrons. The summed E-state index contributed by atoms with van der Waals surface area (Å²) in [4.78, 5) is 24.3. The van der Waals surface area contributed by atoms with E-state index >= 15 is 0 Å². The molecule has 0 unspecified atom stereocenters. The number of nitrogens with two attached hydrogens (primary N) is 1. The molecule has 0 aliphatic carbocycles. The summed E-state index contributed by atoms with van der Waals surface area (Å²) in [5, 5.41) is 5.84. The second kappa shape index (κ2) is 10.2. The van der Waals surface area contributed by atoms with E-state index in [0.717, 1.165) is 0 Å². The van der Waals surface area contributed by atoms with Gasteiger partial charge in [-0.3, -0.25) is 9.59 Å². The molecule has 0 spiro atoms. The minimum atomic E-state index is -0.649. The van der Waals surface area contributed by atoms with E-state index in [1.54, 1.807) is 30.3 Å². The van der Waals surface area contributed by atoms with E-state index < -0.39 is 11.6 Å². The molecule has 0 aliphatic heterocycles. The monoisotopic (exact) mass is 393 g/mol. The first kappa shape index (κ1) is 21.0. The van der Waals surface area contributed by atoms with Crippen LogP contribution in [0, 0.1) is 5.82 Å². The van der Waals surface area contributed by atoms with Crippen LogP contribution in [0.2, 0.25) is 5.02 Å². The van der Waals surface area contributed by atoms with Crippen molar-refractivity contribution in [3.63, 3.8) is 0 Å². The first-order valence-electron chi connectivity index (χ1n) is 8.70. The number of rotatable bonds is 9. The Balaban J connectivity index is 0.00000392. The van der Waals surface area contributed by atoms with Crippen molar-refractivity contribution in [1.29, 1.82) is 0 Å². The van der Waals surface area contributed by atoms with Crippen molar-refractivity contribution in [3.8, 4) is 0 Å². The van der Waals surface area contributed by atoms with Gasteiger partial charge in [0.2, 0.25) is 5.91 Å². The highest BCUT2D eigenvalue weighted by Gasteiger charge is 2.21. The van der Waals surface area contributed by atoms with Crippen LogP contribution in [-0.2, 0) is 11.3 Å². The Hall–Kier alpha value is -2.28. The number of benzene rings is 2. The summed E-state index contributed by atoms with van der Waals surface area (Å²) in [6.45, 7) is 2.79. The van der Waals surface area contributed by atoms with Crippen LogP contribution < -0.4 is 16.4 Å². The quantitative estimate of drug-likeness (QED) is 0.572. The highest BCUT2D eigenvalue weighted by Crippen LogP contribution is 2.25. The van der Waals surface area contributed by atoms with Crippen molar-refractivity contribution in [2.24, 2.45) is 5.73 Å². The standard InChI is InChI=1S/C20H23ClFN3O2.H2/c1-13(11-17(26)24-10-9-23)25-12-15-7-8-16(21)18(19(15)22)20(27)14-5-3-2-4-6-14;/h2-8,13,25H,9-12,23H2,1H3,(H,24,26);1H/t13-;/m0./s1. The molecule has 2 aromatic rings. The Labute approximate surface area is 164 Å². The fourth-order valence-electron chi connectivity index (χ4n) is 2.59. The molecule has 0 saturated heterocycles. The maximum absolute atomic E-state index is 14.9. The molecule has 1 atom stereocenters. The molecule has 1 amide bonds. The number of carbonyl (C=O) groups is 2. The molecular weight excluding hydrogens is 369 g/mol. The Kier molecular flexibility index (Phi) is 7.91. The van der Waals surface area contributed by atoms with Crippen molar-refractivity contribution in [3.05, 3.63) is 70.0 Å². The normalized spacial score (nSPS) is 11.9. The summed E-state index contributed by atoms with van der Waals surface area (Å²) in [6.07, 6.45) is 0.241. The van der Waals surface area contributed by atoms with Crippen LogP contribution in [0.5, 0.6) is 0 Å². The summed E-state index contributed by atoms with van der Waals surface area (Å²) in [5.74, 6) is -1.24. The largest absolute Gasteiger partial charge is 0.355 e. The topological polar surface area (TPSA) is 84.2 Å². The summed E-state index contributed by atoms with van der Waals surface area (Å²) < 4.78 is 14.9. The van der Waals surface area contributed by atoms with Gasteiger partial charge in [0, 0.05) is 44.7 Å². The fraction of sp³-hybridized carbons (Fsp3) is 0.300. The molecule has 0 bridgehead atoms. The Morgan fingerprint density at radius 3 is 2.59 bits per heavy atom. The number of ketones is 1. The second-order valence-corrected chi connectivity index (χ2v) is 6.62. The SMILES string of the molecule is C[C@@H](CC(=O)NCCN)NCc1ccc(Cl)c(C(=O)c2ccccc2)c1F.[HH]. The first-order valence-corrected chi connectivity index (χ1v) is 9.08. The first-order chi connectivity index (χ1) is 12.9. The van der Waals surface area contributed by atoms with Gasteiger partial charge < -0.3 is 16.4 Å². The molecule has 0 heterocycles. The molecule has 0 radical (unpaired) electrons. The van der Waals surface area contributed by atoms with Crippen molar-refractivity contribution >= 4 is 23.3 Å². The summed E-state index contributed by atoms with van der Waals surface area (Å²) in [6, 6.07) is 11.3. The molecular formula is C20H25ClFN3O2. The third kappa shape index (κ3) is 5.85. The van der Waals surface area contributed by atoms with Crippen molar-refractivity contribution in [2.75, 3.05) is 13.1 Å². The predicted octanol–water partition coefficient (Wildman–Crippen LogP) is 2.90. The highest BCUT2D eigenvalue weighted by molar-refractivity contribution is 6.35. The smallest absolute Gasteiger partial charge is 0.221 e. The lowest BCUT2D eigenvalue weighted by molar-refractivity contribution is -0.121. The Morgan fingerprint density at radius 1 is 1.22 bits per heavy atom. The molecule has 2 aromatic carbocycles. The fourth-order valence-corrected chi connectivity index (χ4v) is 2.82. The van der Waals surface area contributed by atoms with Crippen LogP contribution in [0.1, 0.15) is 36.3 Å². The van der Waals surface area contributed by atoms with Gasteiger partial charge in [-0.05, 0) is 13.0 Å². The zero-order chi connectivity index (χ0) is 19.8. The van der Waals surface area contributed by atoms with Crippen LogP contribution in [-0.4, -0.2) is 30.8 Å². The van der Waals surface area contributed by atoms with Gasteiger partial charge in [-0.2, -0.15) is 0 Å². The van der Waals surface area contributed by atoms with Gasteiger partial charge >= 0.3 is 0 Å². The van der Waals surface area contributed by atoms with E-state index in [1.165, 1.54) is 12.1 Å². The molecule has 0 saturated carbocycles. The molecule has 7 heteroatoms. The third-order valence-corrected chi connectivity index (χ3v) is 4.35. The van der Waals surface area contributed by atoms with E-state index in [-0.39, 0.29) is 36.9 Å². The number of nitrogens with one attached hydrogen (secondary N) is 2. The maximum Gasteiger partial charge on any atom is 0.221 e. The lowest BCUT2D eigenvalue weighted by atomic mass is 10.00. The van der Waals surface area contributed by atoms with Gasteiger partial charge in [0.25, 0.3) is 0 Å². The van der Waals surface area contributed by atoms with Gasteiger partial charge in [-0.25, -0.2) is 4.39 Å². The summed E-state index contributed by atoms with van der Waals surface area (Å²) in [7, 11) is 0. The molecule has 27 heavy (non-hydrogen) atoms. The van der Waals surface area contributed by atoms with Crippen molar-refractivity contribution in [2.45, 2.75) is 25.9 Å². The highest BCUT2D eigenvalue weighted by atomic mass is 35.5. The number of amides is 1. The van der Waals surface area contributed by atoms with Crippen LogP contribution in [0.4, 0.5) is 4.39 Å². The number of hydrogen-bond donors (Lipinski definition) is 3. The van der Waals surface area contributed by atoms with Gasteiger partial charge in [0.1, 0.15) is 5.82 Å². The maximum atomic E-state index is 14.9. The minimum absolute atomic E-state index is 0. The zero-order valence-electron chi connectivity index (χ0n) is 15.1. The van der Waals surface area contributed by atoms with E-state index in [4.69, 9.17) is 17.3 Å². The average Bonchev–Trinajstić information content (AvgIpc) is 2.66. The number of halogens is 2. The predicted molar refractivity (Wildman–Crippen MR) is 106 cm³/mol. The molecule has 4 N–H and O–H groups in total. The molecule has 0 aliphatic rings. The number of carbonyl (C=O) groups excluding carboxylic acids is 2. The Morgan fingerprint density at radius 2 is 1.93 bits per heavy atom. The minimum Gasteiger partial charge on any atom is -0.355 e. The van der Waals surface area contributed by atoms with Crippen molar-refractivity contribution < 1.29 is 15.4 Å². The second-order valence-electron chi connectivity index (χ2n) is 6.22. The van der Waals surface area contributed by atoms with Gasteiger partial charge in [0.05, 0.1) is 10.6 Å². The molecule has 0 fully saturated rings. The van der Waals surface area contributed by atoms with E-state index in [9.17, 15) is 14.0 Å². The number of hydrogen-bond acceptors (Lipinski definition) is 4. The van der Waals surface area contributed by atoms with Crippen molar-refractivity contribution in [1.82, 2.24) is 10.6 Å². The summed E-state index contributed by atoms with van der Waals surface area (Å²) >= 11 is 6.08. The van der Waals surface area contributed by atoms with Crippen LogP contribution in [0.15, 0.2) is 42.5 Å².